The highest BCUT2D eigenvalue weighted by Gasteiger charge is 2.30. The number of hydrogen-bond donors (Lipinski definition) is 3. The molecule has 1 saturated heterocycles. The number of carbonyl (C=O) groups excluding carboxylic acids is 1. The van der Waals surface area contributed by atoms with Gasteiger partial charge in [-0.1, -0.05) is 23.2 Å². The van der Waals surface area contributed by atoms with Gasteiger partial charge in [-0.05, 0) is 18.9 Å². The van der Waals surface area contributed by atoms with E-state index in [1.165, 1.54) is 6.07 Å². The Balaban J connectivity index is 1.83. The van der Waals surface area contributed by atoms with Crippen LogP contribution in [0.25, 0.3) is 0 Å². The van der Waals surface area contributed by atoms with Crippen LogP contribution in [0.5, 0.6) is 0 Å². The van der Waals surface area contributed by atoms with Crippen molar-refractivity contribution in [2.24, 2.45) is 0 Å². The Morgan fingerprint density at radius 1 is 1.47 bits per heavy atom. The normalized spacial score (nSPS) is 22.4. The Labute approximate surface area is 119 Å². The van der Waals surface area contributed by atoms with Crippen molar-refractivity contribution in [3.63, 3.8) is 0 Å². The smallest absolute Gasteiger partial charge is 0.332 e. The summed E-state index contributed by atoms with van der Waals surface area (Å²) in [6, 6.07) is 1.43. The average Bonchev–Trinajstić information content (AvgIpc) is 2.94. The molecular weight excluding hydrogens is 295 g/mol. The molecule has 0 aliphatic carbocycles. The van der Waals surface area contributed by atoms with Gasteiger partial charge in [0.2, 0.25) is 0 Å². The third-order valence-corrected chi connectivity index (χ3v) is 3.54. The van der Waals surface area contributed by atoms with Gasteiger partial charge in [0, 0.05) is 6.54 Å². The van der Waals surface area contributed by atoms with E-state index in [0.717, 1.165) is 0 Å². The van der Waals surface area contributed by atoms with Crippen LogP contribution in [-0.4, -0.2) is 40.7 Å². The number of amides is 1. The van der Waals surface area contributed by atoms with Gasteiger partial charge in [-0.15, -0.1) is 0 Å². The predicted molar refractivity (Wildman–Crippen MR) is 68.7 cm³/mol. The van der Waals surface area contributed by atoms with Crippen molar-refractivity contribution in [1.29, 1.82) is 0 Å². The van der Waals surface area contributed by atoms with Crippen LogP contribution in [0.2, 0.25) is 10.2 Å². The van der Waals surface area contributed by atoms with Gasteiger partial charge >= 0.3 is 5.97 Å². The van der Waals surface area contributed by atoms with Crippen molar-refractivity contribution in [1.82, 2.24) is 10.3 Å². The fraction of sp³-hybridized carbons (Fsp3) is 0.455. The maximum Gasteiger partial charge on any atom is 0.332 e. The maximum absolute atomic E-state index is 11.8. The van der Waals surface area contributed by atoms with Crippen LogP contribution < -0.4 is 5.32 Å². The minimum atomic E-state index is -0.975. The van der Waals surface area contributed by atoms with Crippen LogP contribution in [0.1, 0.15) is 23.3 Å². The summed E-state index contributed by atoms with van der Waals surface area (Å²) in [7, 11) is 0. The molecular formula is C11H12Cl2N2O4. The summed E-state index contributed by atoms with van der Waals surface area (Å²) in [5.74, 6) is -1.34. The number of carboxylic acids is 1. The number of aromatic nitrogens is 1. The molecule has 0 bridgehead atoms. The fourth-order valence-corrected chi connectivity index (χ4v) is 2.18. The van der Waals surface area contributed by atoms with E-state index in [9.17, 15) is 9.59 Å². The first-order valence-corrected chi connectivity index (χ1v) is 6.43. The van der Waals surface area contributed by atoms with Crippen molar-refractivity contribution in [2.75, 3.05) is 6.54 Å². The second kappa shape index (κ2) is 5.81. The molecule has 2 atom stereocenters. The van der Waals surface area contributed by atoms with Crippen LogP contribution in [-0.2, 0) is 9.53 Å². The molecule has 2 rings (SSSR count). The van der Waals surface area contributed by atoms with Crippen molar-refractivity contribution in [2.45, 2.75) is 25.0 Å². The van der Waals surface area contributed by atoms with Gasteiger partial charge in [-0.25, -0.2) is 4.79 Å². The lowest BCUT2D eigenvalue weighted by molar-refractivity contribution is -0.149. The highest BCUT2D eigenvalue weighted by molar-refractivity contribution is 6.41. The van der Waals surface area contributed by atoms with Crippen LogP contribution in [0, 0.1) is 0 Å². The van der Waals surface area contributed by atoms with Crippen LogP contribution in [0.3, 0.4) is 0 Å². The van der Waals surface area contributed by atoms with E-state index in [2.05, 4.69) is 10.3 Å². The first kappa shape index (κ1) is 14.2. The van der Waals surface area contributed by atoms with Gasteiger partial charge in [0.05, 0.1) is 11.1 Å². The summed E-state index contributed by atoms with van der Waals surface area (Å²) in [5.41, 5.74) is 0.253. The molecule has 1 aromatic rings. The molecule has 2 heterocycles. The van der Waals surface area contributed by atoms with E-state index in [0.29, 0.717) is 12.8 Å². The maximum atomic E-state index is 11.8. The molecule has 1 aliphatic rings. The fourth-order valence-electron chi connectivity index (χ4n) is 1.87. The molecule has 1 fully saturated rings. The zero-order valence-corrected chi connectivity index (χ0v) is 11.3. The standard InChI is InChI=1S/C11H12Cl2N2O4/c12-6-3-7(15-9(6)13)10(16)14-4-5-1-2-8(19-5)11(17)18/h3,5,8,15H,1-2,4H2,(H,14,16)(H,17,18). The first-order valence-electron chi connectivity index (χ1n) is 5.68. The van der Waals surface area contributed by atoms with E-state index < -0.39 is 12.1 Å². The number of nitrogens with one attached hydrogen (secondary N) is 2. The number of halogens is 2. The number of aromatic amines is 1. The van der Waals surface area contributed by atoms with Crippen LogP contribution in [0.15, 0.2) is 6.07 Å². The quantitative estimate of drug-likeness (QED) is 0.789. The number of aliphatic carboxylic acids is 1. The van der Waals surface area contributed by atoms with Crippen molar-refractivity contribution >= 4 is 35.1 Å². The Hall–Kier alpha value is -1.24. The number of carboxylic acid groups (broad SMARTS) is 1. The molecule has 2 unspecified atom stereocenters. The molecule has 19 heavy (non-hydrogen) atoms. The van der Waals surface area contributed by atoms with Crippen LogP contribution in [0.4, 0.5) is 0 Å². The first-order chi connectivity index (χ1) is 8.97. The molecule has 1 aliphatic heterocycles. The molecule has 0 aromatic carbocycles. The summed E-state index contributed by atoms with van der Waals surface area (Å²) < 4.78 is 5.26. The number of ether oxygens (including phenoxy) is 1. The lowest BCUT2D eigenvalue weighted by Crippen LogP contribution is -2.33. The van der Waals surface area contributed by atoms with Gasteiger partial charge in [-0.3, -0.25) is 4.79 Å². The third kappa shape index (κ3) is 3.40. The van der Waals surface area contributed by atoms with E-state index in [4.69, 9.17) is 33.0 Å². The minimum absolute atomic E-state index is 0.204. The molecule has 8 heteroatoms. The van der Waals surface area contributed by atoms with E-state index in [-0.39, 0.29) is 34.4 Å². The molecule has 104 valence electrons. The second-order valence-electron chi connectivity index (χ2n) is 4.22. The Kier molecular flexibility index (Phi) is 4.34. The minimum Gasteiger partial charge on any atom is -0.479 e. The molecule has 0 saturated carbocycles. The van der Waals surface area contributed by atoms with Gasteiger partial charge in [0.15, 0.2) is 6.10 Å². The Bertz CT molecular complexity index is 483. The van der Waals surface area contributed by atoms with Crippen LogP contribution >= 0.6 is 23.2 Å². The number of rotatable bonds is 4. The van der Waals surface area contributed by atoms with Gasteiger partial charge in [0.1, 0.15) is 10.8 Å². The highest BCUT2D eigenvalue weighted by Crippen LogP contribution is 2.22. The molecule has 6 nitrogen and oxygen atoms in total. The number of H-pyrrole nitrogens is 1. The zero-order chi connectivity index (χ0) is 14.0. The Morgan fingerprint density at radius 2 is 2.21 bits per heavy atom. The molecule has 1 aromatic heterocycles. The molecule has 0 radical (unpaired) electrons. The van der Waals surface area contributed by atoms with Crippen molar-refractivity contribution < 1.29 is 19.4 Å². The summed E-state index contributed by atoms with van der Waals surface area (Å²) in [4.78, 5) is 25.1. The number of carbonyl (C=O) groups is 2. The van der Waals surface area contributed by atoms with E-state index >= 15 is 0 Å². The predicted octanol–water partition coefficient (Wildman–Crippen LogP) is 1.68. The largest absolute Gasteiger partial charge is 0.479 e. The summed E-state index contributed by atoms with van der Waals surface area (Å²) in [6.07, 6.45) is -0.0123. The summed E-state index contributed by atoms with van der Waals surface area (Å²) in [6.45, 7) is 0.247. The topological polar surface area (TPSA) is 91.4 Å². The SMILES string of the molecule is O=C(NCC1CCC(C(=O)O)O1)c1cc(Cl)c(Cl)[nH]1. The average molecular weight is 307 g/mol. The lowest BCUT2D eigenvalue weighted by atomic mass is 10.2. The van der Waals surface area contributed by atoms with E-state index in [1.54, 1.807) is 0 Å². The monoisotopic (exact) mass is 306 g/mol. The second-order valence-corrected chi connectivity index (χ2v) is 5.00. The lowest BCUT2D eigenvalue weighted by Gasteiger charge is -2.11. The number of hydrogen-bond acceptors (Lipinski definition) is 3. The zero-order valence-electron chi connectivity index (χ0n) is 9.78. The van der Waals surface area contributed by atoms with Crippen molar-refractivity contribution in [3.8, 4) is 0 Å². The molecule has 0 spiro atoms. The van der Waals surface area contributed by atoms with Gasteiger partial charge in [-0.2, -0.15) is 0 Å². The van der Waals surface area contributed by atoms with Gasteiger partial charge < -0.3 is 20.1 Å². The van der Waals surface area contributed by atoms with E-state index in [1.807, 2.05) is 0 Å². The Morgan fingerprint density at radius 3 is 2.74 bits per heavy atom. The van der Waals surface area contributed by atoms with Gasteiger partial charge in [0.25, 0.3) is 5.91 Å². The summed E-state index contributed by atoms with van der Waals surface area (Å²) >= 11 is 11.4. The highest BCUT2D eigenvalue weighted by atomic mass is 35.5. The molecule has 1 amide bonds. The summed E-state index contributed by atoms with van der Waals surface area (Å²) in [5, 5.41) is 11.9. The third-order valence-electron chi connectivity index (χ3n) is 2.84. The molecule has 3 N–H and O–H groups in total. The van der Waals surface area contributed by atoms with Crippen molar-refractivity contribution in [3.05, 3.63) is 21.9 Å².